The Balaban J connectivity index is 1.46. The van der Waals surface area contributed by atoms with Gasteiger partial charge in [-0.15, -0.1) is 0 Å². The highest BCUT2D eigenvalue weighted by Crippen LogP contribution is 2.30. The fraction of sp³-hybridized carbons (Fsp3) is 0.556. The van der Waals surface area contributed by atoms with Gasteiger partial charge in [-0.1, -0.05) is 63.4 Å². The van der Waals surface area contributed by atoms with E-state index >= 15 is 4.39 Å². The second-order valence-corrected chi connectivity index (χ2v) is 13.2. The molecule has 1 unspecified atom stereocenters. The summed E-state index contributed by atoms with van der Waals surface area (Å²) in [5, 5.41) is 29.1. The van der Waals surface area contributed by atoms with Gasteiger partial charge < -0.3 is 36.0 Å². The third-order valence-electron chi connectivity index (χ3n) is 9.61. The van der Waals surface area contributed by atoms with Gasteiger partial charge in [0.15, 0.2) is 0 Å². The molecule has 48 heavy (non-hydrogen) atoms. The van der Waals surface area contributed by atoms with Gasteiger partial charge in [-0.05, 0) is 54.6 Å². The molecule has 2 aromatic rings. The fourth-order valence-electron chi connectivity index (χ4n) is 6.59. The number of carbonyl (C=O) groups is 4. The number of hydrogen-bond acceptors (Lipinski definition) is 7. The number of piperazine rings is 1. The van der Waals surface area contributed by atoms with Crippen molar-refractivity contribution in [2.75, 3.05) is 38.5 Å². The number of carbonyl (C=O) groups excluding carboxylic acids is 3. The highest BCUT2D eigenvalue weighted by molar-refractivity contribution is 5.88. The number of carboxylic acids is 1. The van der Waals surface area contributed by atoms with Crippen LogP contribution in [0.1, 0.15) is 75.0 Å². The summed E-state index contributed by atoms with van der Waals surface area (Å²) in [5.74, 6) is -2.84. The summed E-state index contributed by atoms with van der Waals surface area (Å²) < 4.78 is 15.6. The van der Waals surface area contributed by atoms with Gasteiger partial charge in [0.2, 0.25) is 17.7 Å². The summed E-state index contributed by atoms with van der Waals surface area (Å²) in [4.78, 5) is 54.0. The maximum atomic E-state index is 15.6. The van der Waals surface area contributed by atoms with Crippen LogP contribution in [-0.2, 0) is 32.0 Å². The third kappa shape index (κ3) is 10.2. The van der Waals surface area contributed by atoms with Gasteiger partial charge in [0.25, 0.3) is 0 Å². The first kappa shape index (κ1) is 36.8. The molecule has 0 aromatic heterocycles. The zero-order valence-electron chi connectivity index (χ0n) is 28.2. The predicted octanol–water partition coefficient (Wildman–Crippen LogP) is 3.26. The topological polar surface area (TPSA) is 151 Å². The SMILES string of the molecule is CCC(=O)N[C@@H](C(=O)N1CCN(C)CC1)[C@@H](C)c1ccc(NC(O)[C@@H](NC(=O)Cc2ccc(CC(=O)O)cc2)C2CCCCC2)c(F)c1. The largest absolute Gasteiger partial charge is 0.481 e. The van der Waals surface area contributed by atoms with E-state index in [0.717, 1.165) is 45.2 Å². The molecule has 262 valence electrons. The van der Waals surface area contributed by atoms with Crippen molar-refractivity contribution in [3.8, 4) is 0 Å². The van der Waals surface area contributed by atoms with Crippen LogP contribution in [-0.4, -0.2) is 95.2 Å². The molecular weight excluding hydrogens is 617 g/mol. The van der Waals surface area contributed by atoms with E-state index < -0.39 is 36.0 Å². The number of nitrogens with one attached hydrogen (secondary N) is 3. The Morgan fingerprint density at radius 2 is 1.52 bits per heavy atom. The first-order valence-corrected chi connectivity index (χ1v) is 17.0. The maximum Gasteiger partial charge on any atom is 0.307 e. The van der Waals surface area contributed by atoms with E-state index in [1.807, 2.05) is 7.05 Å². The normalized spacial score (nSPS) is 18.3. The molecule has 0 bridgehead atoms. The zero-order chi connectivity index (χ0) is 34.8. The Hall–Kier alpha value is -4.03. The lowest BCUT2D eigenvalue weighted by Crippen LogP contribution is -2.55. The number of anilines is 1. The van der Waals surface area contributed by atoms with Crippen LogP contribution >= 0.6 is 0 Å². The first-order chi connectivity index (χ1) is 22.9. The van der Waals surface area contributed by atoms with Crippen molar-refractivity contribution < 1.29 is 33.8 Å². The molecule has 0 spiro atoms. The van der Waals surface area contributed by atoms with Crippen molar-refractivity contribution in [2.24, 2.45) is 5.92 Å². The summed E-state index contributed by atoms with van der Waals surface area (Å²) in [7, 11) is 1.99. The predicted molar refractivity (Wildman–Crippen MR) is 181 cm³/mol. The number of amides is 3. The molecule has 1 saturated carbocycles. The number of halogens is 1. The summed E-state index contributed by atoms with van der Waals surface area (Å²) in [6.45, 7) is 6.07. The average Bonchev–Trinajstić information content (AvgIpc) is 3.07. The van der Waals surface area contributed by atoms with Gasteiger partial charge in [-0.2, -0.15) is 0 Å². The molecule has 1 heterocycles. The monoisotopic (exact) mass is 667 g/mol. The van der Waals surface area contributed by atoms with Gasteiger partial charge in [0.1, 0.15) is 18.1 Å². The minimum Gasteiger partial charge on any atom is -0.481 e. The summed E-state index contributed by atoms with van der Waals surface area (Å²) in [6.07, 6.45) is 3.54. The van der Waals surface area contributed by atoms with Crippen LogP contribution in [0.2, 0.25) is 0 Å². The number of aliphatic carboxylic acids is 1. The molecule has 11 nitrogen and oxygen atoms in total. The molecule has 1 aliphatic heterocycles. The van der Waals surface area contributed by atoms with E-state index in [2.05, 4.69) is 20.9 Å². The van der Waals surface area contributed by atoms with Gasteiger partial charge in [0.05, 0.1) is 24.6 Å². The molecule has 4 atom stereocenters. The highest BCUT2D eigenvalue weighted by atomic mass is 19.1. The lowest BCUT2D eigenvalue weighted by molar-refractivity contribution is -0.138. The van der Waals surface area contributed by atoms with Crippen molar-refractivity contribution in [3.05, 3.63) is 65.0 Å². The lowest BCUT2D eigenvalue weighted by atomic mass is 9.83. The van der Waals surface area contributed by atoms with Crippen LogP contribution in [0.25, 0.3) is 0 Å². The van der Waals surface area contributed by atoms with E-state index in [1.54, 1.807) is 49.1 Å². The van der Waals surface area contributed by atoms with Gasteiger partial charge in [-0.25, -0.2) is 4.39 Å². The standard InChI is InChI=1S/C36H50FN5O6/c1-4-30(43)39-33(36(48)42-18-16-41(3)17-19-42)23(2)27-14-15-29(28(37)22-27)38-35(47)34(26-8-6-5-7-9-26)40-31(44)20-24-10-12-25(13-11-24)21-32(45)46/h10-15,22-23,26,33-35,38,47H,4-9,16-21H2,1-3H3,(H,39,43)(H,40,44)(H,45,46)/t23-,33+,34-,35?/m0/s1. The van der Waals surface area contributed by atoms with Crippen molar-refractivity contribution >= 4 is 29.4 Å². The molecule has 3 amide bonds. The molecule has 2 aliphatic rings. The number of aliphatic hydroxyl groups excluding tert-OH is 1. The van der Waals surface area contributed by atoms with Gasteiger partial charge >= 0.3 is 5.97 Å². The lowest BCUT2D eigenvalue weighted by Gasteiger charge is -2.36. The number of likely N-dealkylation sites (N-methyl/N-ethyl adjacent to an activating group) is 1. The Labute approximate surface area is 282 Å². The van der Waals surface area contributed by atoms with Crippen molar-refractivity contribution in [2.45, 2.75) is 89.4 Å². The molecule has 4 rings (SSSR count). The van der Waals surface area contributed by atoms with Crippen LogP contribution in [0, 0.1) is 11.7 Å². The maximum absolute atomic E-state index is 15.6. The number of benzene rings is 2. The number of aliphatic hydroxyl groups is 1. The van der Waals surface area contributed by atoms with Crippen LogP contribution in [0.4, 0.5) is 10.1 Å². The van der Waals surface area contributed by atoms with Gasteiger partial charge in [-0.3, -0.25) is 19.2 Å². The highest BCUT2D eigenvalue weighted by Gasteiger charge is 2.34. The molecule has 1 aliphatic carbocycles. The summed E-state index contributed by atoms with van der Waals surface area (Å²) in [6, 6.07) is 9.80. The van der Waals surface area contributed by atoms with Crippen molar-refractivity contribution in [1.29, 1.82) is 0 Å². The zero-order valence-corrected chi connectivity index (χ0v) is 28.2. The molecule has 12 heteroatoms. The summed E-state index contributed by atoms with van der Waals surface area (Å²) >= 11 is 0. The number of carboxylic acid groups (broad SMARTS) is 1. The molecule has 2 fully saturated rings. The second kappa shape index (κ2) is 17.4. The van der Waals surface area contributed by atoms with Crippen molar-refractivity contribution in [1.82, 2.24) is 20.4 Å². The quantitative estimate of drug-likeness (QED) is 0.193. The fourth-order valence-corrected chi connectivity index (χ4v) is 6.59. The van der Waals surface area contributed by atoms with Gasteiger partial charge in [0, 0.05) is 38.5 Å². The van der Waals surface area contributed by atoms with Crippen LogP contribution in [0.5, 0.6) is 0 Å². The molecule has 5 N–H and O–H groups in total. The van der Waals surface area contributed by atoms with Crippen LogP contribution < -0.4 is 16.0 Å². The average molecular weight is 668 g/mol. The van der Waals surface area contributed by atoms with E-state index in [1.165, 1.54) is 12.1 Å². The first-order valence-electron chi connectivity index (χ1n) is 17.0. The third-order valence-corrected chi connectivity index (χ3v) is 9.61. The number of rotatable bonds is 14. The van der Waals surface area contributed by atoms with Crippen LogP contribution in [0.3, 0.4) is 0 Å². The van der Waals surface area contributed by atoms with E-state index in [9.17, 15) is 24.3 Å². The van der Waals surface area contributed by atoms with E-state index in [0.29, 0.717) is 29.8 Å². The summed E-state index contributed by atoms with van der Waals surface area (Å²) in [5.41, 5.74) is 1.93. The van der Waals surface area contributed by atoms with E-state index in [-0.39, 0.29) is 48.6 Å². The van der Waals surface area contributed by atoms with Crippen LogP contribution in [0.15, 0.2) is 42.5 Å². The minimum absolute atomic E-state index is 0.00554. The second-order valence-electron chi connectivity index (χ2n) is 13.2. The molecular formula is C36H50FN5O6. The Kier molecular flexibility index (Phi) is 13.3. The number of nitrogens with zero attached hydrogens (tertiary/aromatic N) is 2. The Morgan fingerprint density at radius 3 is 2.10 bits per heavy atom. The smallest absolute Gasteiger partial charge is 0.307 e. The minimum atomic E-state index is -1.27. The van der Waals surface area contributed by atoms with E-state index in [4.69, 9.17) is 5.11 Å². The molecule has 2 aromatic carbocycles. The number of hydrogen-bond donors (Lipinski definition) is 5. The molecule has 1 saturated heterocycles. The Morgan fingerprint density at radius 1 is 0.896 bits per heavy atom. The van der Waals surface area contributed by atoms with Crippen molar-refractivity contribution in [3.63, 3.8) is 0 Å². The molecule has 0 radical (unpaired) electrons. The Bertz CT molecular complexity index is 1410.